The molecule has 0 saturated heterocycles. The van der Waals surface area contributed by atoms with E-state index >= 15 is 0 Å². The number of aryl methyl sites for hydroxylation is 2. The van der Waals surface area contributed by atoms with Crippen LogP contribution in [0.5, 0.6) is 5.75 Å². The number of Topliss-reactive ketones (excluding diaryl/α,β-unsaturated/α-hetero) is 1. The lowest BCUT2D eigenvalue weighted by Crippen LogP contribution is -2.08. The van der Waals surface area contributed by atoms with Crippen molar-refractivity contribution in [2.45, 2.75) is 20.3 Å². The highest BCUT2D eigenvalue weighted by Gasteiger charge is 2.14. The number of aromatic nitrogens is 1. The number of carbonyl (C=O) groups is 1. The topological polar surface area (TPSA) is 39.2 Å². The molecule has 0 N–H and O–H groups in total. The van der Waals surface area contributed by atoms with Crippen molar-refractivity contribution in [3.63, 3.8) is 0 Å². The van der Waals surface area contributed by atoms with E-state index in [-0.39, 0.29) is 5.78 Å². The minimum absolute atomic E-state index is 0.0271. The average Bonchev–Trinajstić information content (AvgIpc) is 2.43. The lowest BCUT2D eigenvalue weighted by Gasteiger charge is -2.07. The molecule has 1 heterocycles. The fraction of sp³-hybridized carbons (Fsp3) is 0.250. The molecule has 2 rings (SSSR count). The highest BCUT2D eigenvalue weighted by molar-refractivity contribution is 5.98. The Balaban J connectivity index is 2.23. The van der Waals surface area contributed by atoms with Gasteiger partial charge in [0, 0.05) is 12.6 Å². The van der Waals surface area contributed by atoms with Gasteiger partial charge in [-0.25, -0.2) is 4.98 Å². The van der Waals surface area contributed by atoms with Crippen LogP contribution in [-0.2, 0) is 6.42 Å². The number of rotatable bonds is 4. The third-order valence-electron chi connectivity index (χ3n) is 3.19. The molecule has 0 aliphatic heterocycles. The van der Waals surface area contributed by atoms with Crippen LogP contribution in [0.4, 0.5) is 0 Å². The summed E-state index contributed by atoms with van der Waals surface area (Å²) < 4.78 is 5.16. The molecule has 0 fully saturated rings. The van der Waals surface area contributed by atoms with E-state index in [0.29, 0.717) is 17.9 Å². The van der Waals surface area contributed by atoms with Crippen LogP contribution >= 0.6 is 0 Å². The normalized spacial score (nSPS) is 10.3. The van der Waals surface area contributed by atoms with Crippen molar-refractivity contribution in [3.8, 4) is 5.75 Å². The van der Waals surface area contributed by atoms with Crippen LogP contribution in [0.15, 0.2) is 36.5 Å². The Bertz CT molecular complexity index is 605. The van der Waals surface area contributed by atoms with E-state index in [1.807, 2.05) is 25.1 Å². The summed E-state index contributed by atoms with van der Waals surface area (Å²) in [6, 6.07) is 9.57. The van der Waals surface area contributed by atoms with Gasteiger partial charge in [0.2, 0.25) is 0 Å². The summed E-state index contributed by atoms with van der Waals surface area (Å²) in [5.74, 6) is 0.497. The van der Waals surface area contributed by atoms with Gasteiger partial charge in [0.15, 0.2) is 5.78 Å². The second-order valence-corrected chi connectivity index (χ2v) is 4.57. The zero-order valence-electron chi connectivity index (χ0n) is 11.4. The molecule has 98 valence electrons. The molecule has 0 spiro atoms. The number of nitrogens with zero attached hydrogens (tertiary/aromatic N) is 1. The van der Waals surface area contributed by atoms with E-state index in [0.717, 1.165) is 5.56 Å². The van der Waals surface area contributed by atoms with Crippen molar-refractivity contribution in [3.05, 3.63) is 58.9 Å². The van der Waals surface area contributed by atoms with Crippen LogP contribution in [-0.4, -0.2) is 17.9 Å². The number of hydrogen-bond donors (Lipinski definition) is 0. The van der Waals surface area contributed by atoms with E-state index in [9.17, 15) is 4.79 Å². The van der Waals surface area contributed by atoms with Gasteiger partial charge in [-0.05, 0) is 42.7 Å². The number of hydrogen-bond acceptors (Lipinski definition) is 3. The number of pyridine rings is 1. The Hall–Kier alpha value is -2.16. The molecular weight excluding hydrogens is 238 g/mol. The maximum Gasteiger partial charge on any atom is 0.189 e. The molecular formula is C16H17NO2. The quantitative estimate of drug-likeness (QED) is 0.788. The molecule has 0 unspecified atom stereocenters. The number of ketones is 1. The Morgan fingerprint density at radius 1 is 1.21 bits per heavy atom. The first-order chi connectivity index (χ1) is 9.11. The number of benzene rings is 1. The minimum atomic E-state index is -0.0271. The van der Waals surface area contributed by atoms with Crippen LogP contribution in [0.2, 0.25) is 0 Å². The smallest absolute Gasteiger partial charge is 0.189 e. The van der Waals surface area contributed by atoms with Crippen LogP contribution in [0.3, 0.4) is 0 Å². The largest absolute Gasteiger partial charge is 0.494 e. The predicted molar refractivity (Wildman–Crippen MR) is 74.7 cm³/mol. The van der Waals surface area contributed by atoms with Crippen molar-refractivity contribution < 1.29 is 9.53 Å². The summed E-state index contributed by atoms with van der Waals surface area (Å²) >= 11 is 0. The van der Waals surface area contributed by atoms with E-state index in [1.54, 1.807) is 25.4 Å². The van der Waals surface area contributed by atoms with Gasteiger partial charge in [-0.3, -0.25) is 4.79 Å². The summed E-state index contributed by atoms with van der Waals surface area (Å²) in [4.78, 5) is 16.4. The molecule has 0 aliphatic rings. The fourth-order valence-corrected chi connectivity index (χ4v) is 1.95. The molecule has 1 aromatic carbocycles. The Labute approximate surface area is 113 Å². The highest BCUT2D eigenvalue weighted by Crippen LogP contribution is 2.18. The van der Waals surface area contributed by atoms with Gasteiger partial charge in [0.05, 0.1) is 7.11 Å². The lowest BCUT2D eigenvalue weighted by atomic mass is 10.0. The lowest BCUT2D eigenvalue weighted by molar-refractivity contribution is 0.0985. The number of methoxy groups -OCH3 is 1. The second kappa shape index (κ2) is 5.65. The van der Waals surface area contributed by atoms with Crippen LogP contribution in [0, 0.1) is 13.8 Å². The van der Waals surface area contributed by atoms with Gasteiger partial charge in [-0.2, -0.15) is 0 Å². The fourth-order valence-electron chi connectivity index (χ4n) is 1.95. The Morgan fingerprint density at radius 3 is 2.68 bits per heavy atom. The maximum atomic E-state index is 12.2. The predicted octanol–water partition coefficient (Wildman–Crippen LogP) is 3.13. The van der Waals surface area contributed by atoms with E-state index < -0.39 is 0 Å². The summed E-state index contributed by atoms with van der Waals surface area (Å²) in [7, 11) is 1.55. The zero-order chi connectivity index (χ0) is 13.8. The average molecular weight is 255 g/mol. The molecule has 3 heteroatoms. The van der Waals surface area contributed by atoms with Crippen molar-refractivity contribution in [1.29, 1.82) is 0 Å². The molecule has 0 radical (unpaired) electrons. The molecule has 2 aromatic rings. The highest BCUT2D eigenvalue weighted by atomic mass is 16.5. The number of ether oxygens (including phenoxy) is 1. The van der Waals surface area contributed by atoms with Crippen LogP contribution < -0.4 is 4.74 Å². The zero-order valence-corrected chi connectivity index (χ0v) is 11.4. The summed E-state index contributed by atoms with van der Waals surface area (Å²) in [5.41, 5.74) is 3.81. The van der Waals surface area contributed by atoms with Gasteiger partial charge >= 0.3 is 0 Å². The van der Waals surface area contributed by atoms with Crippen molar-refractivity contribution >= 4 is 5.78 Å². The van der Waals surface area contributed by atoms with Crippen LogP contribution in [0.1, 0.15) is 27.2 Å². The van der Waals surface area contributed by atoms with E-state index in [4.69, 9.17) is 4.74 Å². The number of carbonyl (C=O) groups excluding carboxylic acids is 1. The van der Waals surface area contributed by atoms with Crippen molar-refractivity contribution in [2.75, 3.05) is 7.11 Å². The Morgan fingerprint density at radius 2 is 2.00 bits per heavy atom. The van der Waals surface area contributed by atoms with E-state index in [1.165, 1.54) is 11.1 Å². The first-order valence-corrected chi connectivity index (χ1v) is 6.20. The van der Waals surface area contributed by atoms with Gasteiger partial charge in [-0.1, -0.05) is 18.2 Å². The first kappa shape index (κ1) is 13.3. The molecule has 19 heavy (non-hydrogen) atoms. The molecule has 0 aliphatic carbocycles. The summed E-state index contributed by atoms with van der Waals surface area (Å²) in [5, 5.41) is 0. The summed E-state index contributed by atoms with van der Waals surface area (Å²) in [6.07, 6.45) is 1.95. The van der Waals surface area contributed by atoms with Gasteiger partial charge in [0.1, 0.15) is 11.4 Å². The van der Waals surface area contributed by atoms with Gasteiger partial charge in [-0.15, -0.1) is 0 Å². The molecule has 0 bridgehead atoms. The molecule has 0 amide bonds. The standard InChI is InChI=1S/C16H17NO2/c1-11-6-7-13(9-12(11)2)10-14(18)16-15(19-3)5-4-8-17-16/h4-9H,10H2,1-3H3. The summed E-state index contributed by atoms with van der Waals surface area (Å²) in [6.45, 7) is 4.10. The molecule has 1 aromatic heterocycles. The minimum Gasteiger partial charge on any atom is -0.494 e. The van der Waals surface area contributed by atoms with Crippen molar-refractivity contribution in [2.24, 2.45) is 0 Å². The molecule has 0 atom stereocenters. The third kappa shape index (κ3) is 2.99. The molecule has 0 saturated carbocycles. The van der Waals surface area contributed by atoms with Crippen molar-refractivity contribution in [1.82, 2.24) is 4.98 Å². The van der Waals surface area contributed by atoms with E-state index in [2.05, 4.69) is 11.9 Å². The van der Waals surface area contributed by atoms with Gasteiger partial charge in [0.25, 0.3) is 0 Å². The SMILES string of the molecule is COc1cccnc1C(=O)Cc1ccc(C)c(C)c1. The van der Waals surface area contributed by atoms with Gasteiger partial charge < -0.3 is 4.74 Å². The first-order valence-electron chi connectivity index (χ1n) is 6.20. The maximum absolute atomic E-state index is 12.2. The molecule has 3 nitrogen and oxygen atoms in total. The monoisotopic (exact) mass is 255 g/mol. The Kier molecular flexibility index (Phi) is 3.95. The second-order valence-electron chi connectivity index (χ2n) is 4.57. The van der Waals surface area contributed by atoms with Crippen LogP contribution in [0.25, 0.3) is 0 Å². The third-order valence-corrected chi connectivity index (χ3v) is 3.19.